The molecular formula is C12H19NO3. The number of carboxylic acids is 1. The van der Waals surface area contributed by atoms with Gasteiger partial charge in [-0.1, -0.05) is 13.8 Å². The molecule has 4 atom stereocenters. The van der Waals surface area contributed by atoms with Crippen LogP contribution in [0.4, 0.5) is 0 Å². The first-order valence-electron chi connectivity index (χ1n) is 6.03. The number of Topliss-reactive ketones (excluding diaryl/α,β-unsaturated/α-hetero) is 1. The second-order valence-corrected chi connectivity index (χ2v) is 5.39. The van der Waals surface area contributed by atoms with Gasteiger partial charge in [0.2, 0.25) is 0 Å². The van der Waals surface area contributed by atoms with E-state index in [9.17, 15) is 9.59 Å². The fourth-order valence-electron chi connectivity index (χ4n) is 3.09. The molecule has 4 nitrogen and oxygen atoms in total. The molecule has 0 saturated carbocycles. The van der Waals surface area contributed by atoms with Crippen molar-refractivity contribution in [2.45, 2.75) is 45.2 Å². The maximum Gasteiger partial charge on any atom is 0.328 e. The van der Waals surface area contributed by atoms with Gasteiger partial charge < -0.3 is 5.11 Å². The molecule has 3 saturated heterocycles. The lowest BCUT2D eigenvalue weighted by atomic mass is 9.76. The summed E-state index contributed by atoms with van der Waals surface area (Å²) in [6.45, 7) is 5.05. The number of nitrogens with zero attached hydrogens (tertiary/aromatic N) is 1. The largest absolute Gasteiger partial charge is 0.480 e. The van der Waals surface area contributed by atoms with Crippen LogP contribution in [0.5, 0.6) is 0 Å². The molecule has 0 aromatic carbocycles. The molecule has 3 rings (SSSR count). The Balaban J connectivity index is 2.17. The molecule has 90 valence electrons. The second kappa shape index (κ2) is 4.17. The Kier molecular flexibility index (Phi) is 3.02. The lowest BCUT2D eigenvalue weighted by Gasteiger charge is -2.48. The molecule has 3 fully saturated rings. The molecule has 3 aliphatic heterocycles. The first-order chi connectivity index (χ1) is 7.50. The van der Waals surface area contributed by atoms with E-state index < -0.39 is 12.0 Å². The summed E-state index contributed by atoms with van der Waals surface area (Å²) in [5.74, 6) is -0.495. The maximum atomic E-state index is 11.8. The number of carboxylic acid groups (broad SMARTS) is 1. The number of hydrogen-bond acceptors (Lipinski definition) is 3. The van der Waals surface area contributed by atoms with E-state index in [4.69, 9.17) is 5.11 Å². The molecule has 0 aromatic rings. The van der Waals surface area contributed by atoms with Crippen LogP contribution in [0.15, 0.2) is 0 Å². The van der Waals surface area contributed by atoms with Gasteiger partial charge in [0.25, 0.3) is 0 Å². The van der Waals surface area contributed by atoms with Gasteiger partial charge in [0.05, 0.1) is 0 Å². The molecular weight excluding hydrogens is 206 g/mol. The van der Waals surface area contributed by atoms with Crippen molar-refractivity contribution in [2.75, 3.05) is 6.54 Å². The highest BCUT2D eigenvalue weighted by molar-refractivity contribution is 6.04. The van der Waals surface area contributed by atoms with Gasteiger partial charge >= 0.3 is 5.97 Å². The number of fused-ring (bicyclic) bond motifs is 3. The summed E-state index contributed by atoms with van der Waals surface area (Å²) in [7, 11) is 0. The smallest absolute Gasteiger partial charge is 0.328 e. The van der Waals surface area contributed by atoms with E-state index in [2.05, 4.69) is 13.8 Å². The standard InChI is InChI=1S/C12H19NO3/c1-7(2)5-9-6-8-3-4-13(9)10(11(8)14)12(15)16/h7-10H,3-6H2,1-2H3,(H,15,16). The minimum Gasteiger partial charge on any atom is -0.480 e. The quantitative estimate of drug-likeness (QED) is 0.732. The molecule has 2 bridgehead atoms. The lowest BCUT2D eigenvalue weighted by Crippen LogP contribution is -2.63. The van der Waals surface area contributed by atoms with E-state index in [0.717, 1.165) is 25.8 Å². The summed E-state index contributed by atoms with van der Waals surface area (Å²) in [5.41, 5.74) is 0. The number of ketones is 1. The van der Waals surface area contributed by atoms with Crippen LogP contribution in [0.2, 0.25) is 0 Å². The molecule has 3 heterocycles. The second-order valence-electron chi connectivity index (χ2n) is 5.39. The Morgan fingerprint density at radius 1 is 1.56 bits per heavy atom. The highest BCUT2D eigenvalue weighted by atomic mass is 16.4. The number of carbonyl (C=O) groups is 2. The van der Waals surface area contributed by atoms with Crippen LogP contribution in [0, 0.1) is 11.8 Å². The SMILES string of the molecule is CC(C)CC1CC2CCN1C(C(=O)O)C2=O. The van der Waals surface area contributed by atoms with Crippen molar-refractivity contribution < 1.29 is 14.7 Å². The van der Waals surface area contributed by atoms with Crippen molar-refractivity contribution in [3.63, 3.8) is 0 Å². The van der Waals surface area contributed by atoms with Crippen LogP contribution < -0.4 is 0 Å². The number of hydrogen-bond donors (Lipinski definition) is 1. The molecule has 3 aliphatic rings. The Morgan fingerprint density at radius 3 is 2.81 bits per heavy atom. The average Bonchev–Trinajstić information content (AvgIpc) is 2.18. The van der Waals surface area contributed by atoms with E-state index in [1.165, 1.54) is 0 Å². The summed E-state index contributed by atoms with van der Waals surface area (Å²) >= 11 is 0. The third kappa shape index (κ3) is 1.86. The Bertz CT molecular complexity index is 313. The van der Waals surface area contributed by atoms with E-state index in [-0.39, 0.29) is 17.7 Å². The van der Waals surface area contributed by atoms with Gasteiger partial charge in [0.15, 0.2) is 11.8 Å². The summed E-state index contributed by atoms with van der Waals surface area (Å²) in [6, 6.07) is -0.575. The first-order valence-corrected chi connectivity index (χ1v) is 6.03. The van der Waals surface area contributed by atoms with E-state index in [1.54, 1.807) is 0 Å². The fourth-order valence-corrected chi connectivity index (χ4v) is 3.09. The molecule has 0 radical (unpaired) electrons. The fraction of sp³-hybridized carbons (Fsp3) is 0.833. The zero-order valence-electron chi connectivity index (χ0n) is 9.85. The van der Waals surface area contributed by atoms with Crippen molar-refractivity contribution in [1.82, 2.24) is 4.90 Å². The number of carbonyl (C=O) groups excluding carboxylic acids is 1. The average molecular weight is 225 g/mol. The van der Waals surface area contributed by atoms with Gasteiger partial charge in [-0.05, 0) is 25.2 Å². The monoisotopic (exact) mass is 225 g/mol. The third-order valence-electron chi connectivity index (χ3n) is 3.74. The van der Waals surface area contributed by atoms with Crippen LogP contribution in [-0.4, -0.2) is 40.4 Å². The minimum atomic E-state index is -0.969. The molecule has 0 aromatic heterocycles. The van der Waals surface area contributed by atoms with Crippen LogP contribution in [0.3, 0.4) is 0 Å². The van der Waals surface area contributed by atoms with Crippen LogP contribution >= 0.6 is 0 Å². The lowest BCUT2D eigenvalue weighted by molar-refractivity contribution is -0.159. The van der Waals surface area contributed by atoms with Crippen LogP contribution in [0.1, 0.15) is 33.1 Å². The highest BCUT2D eigenvalue weighted by Gasteiger charge is 2.49. The van der Waals surface area contributed by atoms with E-state index in [0.29, 0.717) is 5.92 Å². The summed E-state index contributed by atoms with van der Waals surface area (Å²) in [5, 5.41) is 9.12. The van der Waals surface area contributed by atoms with Crippen molar-refractivity contribution in [2.24, 2.45) is 11.8 Å². The third-order valence-corrected chi connectivity index (χ3v) is 3.74. The predicted octanol–water partition coefficient (Wildman–Crippen LogP) is 1.15. The molecule has 4 unspecified atom stereocenters. The molecule has 16 heavy (non-hydrogen) atoms. The number of rotatable bonds is 3. The molecule has 0 spiro atoms. The van der Waals surface area contributed by atoms with Crippen molar-refractivity contribution in [3.05, 3.63) is 0 Å². The predicted molar refractivity (Wildman–Crippen MR) is 59.1 cm³/mol. The van der Waals surface area contributed by atoms with Crippen LogP contribution in [0.25, 0.3) is 0 Å². The van der Waals surface area contributed by atoms with Gasteiger partial charge in [0, 0.05) is 18.5 Å². The van der Waals surface area contributed by atoms with Crippen molar-refractivity contribution >= 4 is 11.8 Å². The van der Waals surface area contributed by atoms with Crippen molar-refractivity contribution in [1.29, 1.82) is 0 Å². The zero-order valence-corrected chi connectivity index (χ0v) is 9.85. The van der Waals surface area contributed by atoms with Crippen molar-refractivity contribution in [3.8, 4) is 0 Å². The number of piperidine rings is 3. The molecule has 0 aliphatic carbocycles. The Labute approximate surface area is 95.6 Å². The van der Waals surface area contributed by atoms with Gasteiger partial charge in [-0.25, -0.2) is 0 Å². The highest BCUT2D eigenvalue weighted by Crippen LogP contribution is 2.36. The van der Waals surface area contributed by atoms with Gasteiger partial charge in [-0.15, -0.1) is 0 Å². The Morgan fingerprint density at radius 2 is 2.25 bits per heavy atom. The van der Waals surface area contributed by atoms with Gasteiger partial charge in [0.1, 0.15) is 0 Å². The molecule has 4 heteroatoms. The van der Waals surface area contributed by atoms with E-state index >= 15 is 0 Å². The zero-order chi connectivity index (χ0) is 11.9. The van der Waals surface area contributed by atoms with Crippen LogP contribution in [-0.2, 0) is 9.59 Å². The summed E-state index contributed by atoms with van der Waals surface area (Å²) < 4.78 is 0. The van der Waals surface area contributed by atoms with Gasteiger partial charge in [-0.2, -0.15) is 0 Å². The van der Waals surface area contributed by atoms with E-state index in [1.807, 2.05) is 4.90 Å². The number of aliphatic carboxylic acids is 1. The first kappa shape index (κ1) is 11.6. The normalized spacial score (nSPS) is 38.1. The summed E-state index contributed by atoms with van der Waals surface area (Å²) in [6.07, 6.45) is 2.70. The molecule has 1 N–H and O–H groups in total. The topological polar surface area (TPSA) is 57.6 Å². The Hall–Kier alpha value is -0.900. The minimum absolute atomic E-state index is 0.00477. The molecule has 0 amide bonds. The maximum absolute atomic E-state index is 11.8. The summed E-state index contributed by atoms with van der Waals surface area (Å²) in [4.78, 5) is 24.9. The van der Waals surface area contributed by atoms with Gasteiger partial charge in [-0.3, -0.25) is 14.5 Å².